The molecule has 0 aliphatic rings. The molecule has 1 aromatic heterocycles. The number of fused-ring (bicyclic) bond motifs is 1. The van der Waals surface area contributed by atoms with Gasteiger partial charge in [0.25, 0.3) is 5.91 Å². The number of benzene rings is 3. The van der Waals surface area contributed by atoms with E-state index in [1.165, 1.54) is 0 Å². The summed E-state index contributed by atoms with van der Waals surface area (Å²) in [4.78, 5) is 24.7. The van der Waals surface area contributed by atoms with Gasteiger partial charge in [0.05, 0.1) is 6.10 Å². The lowest BCUT2D eigenvalue weighted by atomic mass is 10.00. The van der Waals surface area contributed by atoms with Gasteiger partial charge in [-0.15, -0.1) is 0 Å². The number of carbonyl (C=O) groups is 1. The van der Waals surface area contributed by atoms with Gasteiger partial charge >= 0.3 is 5.63 Å². The summed E-state index contributed by atoms with van der Waals surface area (Å²) in [7, 11) is 0. The van der Waals surface area contributed by atoms with Gasteiger partial charge in [0.1, 0.15) is 11.3 Å². The van der Waals surface area contributed by atoms with Crippen LogP contribution in [0, 0.1) is 6.92 Å². The number of amides is 1. The first kappa shape index (κ1) is 22.3. The third-order valence-corrected chi connectivity index (χ3v) is 5.53. The van der Waals surface area contributed by atoms with Gasteiger partial charge in [-0.05, 0) is 35.7 Å². The molecule has 1 heterocycles. The number of rotatable bonds is 8. The zero-order chi connectivity index (χ0) is 23.2. The highest BCUT2D eigenvalue weighted by molar-refractivity contribution is 5.83. The Kier molecular flexibility index (Phi) is 6.86. The van der Waals surface area contributed by atoms with Gasteiger partial charge in [-0.1, -0.05) is 60.7 Å². The van der Waals surface area contributed by atoms with Crippen LogP contribution in [0.25, 0.3) is 11.0 Å². The van der Waals surface area contributed by atoms with E-state index in [0.29, 0.717) is 23.3 Å². The maximum atomic E-state index is 12.6. The summed E-state index contributed by atoms with van der Waals surface area (Å²) in [5.74, 6) is 0.0561. The maximum Gasteiger partial charge on any atom is 0.340 e. The van der Waals surface area contributed by atoms with Crippen LogP contribution in [-0.2, 0) is 11.2 Å². The van der Waals surface area contributed by atoms with Gasteiger partial charge in [-0.3, -0.25) is 4.79 Å². The molecule has 6 nitrogen and oxygen atoms in total. The number of nitrogens with one attached hydrogen (secondary N) is 1. The summed E-state index contributed by atoms with van der Waals surface area (Å²) < 4.78 is 11.1. The van der Waals surface area contributed by atoms with Crippen LogP contribution >= 0.6 is 0 Å². The average molecular weight is 443 g/mol. The maximum absolute atomic E-state index is 12.6. The second-order valence-corrected chi connectivity index (χ2v) is 7.83. The minimum atomic E-state index is -0.793. The summed E-state index contributed by atoms with van der Waals surface area (Å²) in [6.07, 6.45) is -0.295. The van der Waals surface area contributed by atoms with E-state index in [0.717, 1.165) is 22.1 Å². The molecule has 1 amide bonds. The highest BCUT2D eigenvalue weighted by atomic mass is 16.5. The molecule has 1 atom stereocenters. The lowest BCUT2D eigenvalue weighted by molar-refractivity contribution is -0.123. The van der Waals surface area contributed by atoms with E-state index in [-0.39, 0.29) is 24.7 Å². The molecule has 4 aromatic rings. The first-order valence-corrected chi connectivity index (χ1v) is 10.7. The molecule has 33 heavy (non-hydrogen) atoms. The quantitative estimate of drug-likeness (QED) is 0.403. The zero-order valence-corrected chi connectivity index (χ0v) is 18.3. The lowest BCUT2D eigenvalue weighted by Crippen LogP contribution is -2.32. The Bertz CT molecular complexity index is 1300. The molecule has 0 aliphatic carbocycles. The minimum absolute atomic E-state index is 0.0855. The predicted octanol–water partition coefficient (Wildman–Crippen LogP) is 3.92. The van der Waals surface area contributed by atoms with Crippen LogP contribution in [0.3, 0.4) is 0 Å². The number of aliphatic hydroxyl groups is 1. The topological polar surface area (TPSA) is 88.8 Å². The van der Waals surface area contributed by atoms with E-state index >= 15 is 0 Å². The van der Waals surface area contributed by atoms with Crippen molar-refractivity contribution in [3.05, 3.63) is 112 Å². The molecule has 0 spiro atoms. The zero-order valence-electron chi connectivity index (χ0n) is 18.3. The summed E-state index contributed by atoms with van der Waals surface area (Å²) >= 11 is 0. The monoisotopic (exact) mass is 443 g/mol. The molecule has 0 radical (unpaired) electrons. The van der Waals surface area contributed by atoms with Gasteiger partial charge in [-0.2, -0.15) is 0 Å². The molecule has 0 saturated carbocycles. The van der Waals surface area contributed by atoms with E-state index in [2.05, 4.69) is 5.32 Å². The van der Waals surface area contributed by atoms with E-state index in [9.17, 15) is 14.7 Å². The standard InChI is InChI=1S/C27H25NO5/c1-18-22-13-12-21(32-17-26(30)28-16-24(29)20-10-6-3-7-11-20)15-25(22)33-27(31)23(18)14-19-8-4-2-5-9-19/h2-13,15,24,29H,14,16-17H2,1H3,(H,28,30)/t24-/m0/s1. The molecule has 0 aliphatic heterocycles. The second-order valence-electron chi connectivity index (χ2n) is 7.83. The summed E-state index contributed by atoms with van der Waals surface area (Å²) in [6, 6.07) is 24.1. The fraction of sp³-hybridized carbons (Fsp3) is 0.185. The Labute approximate surface area is 191 Å². The van der Waals surface area contributed by atoms with Crippen molar-refractivity contribution in [1.82, 2.24) is 5.32 Å². The number of hydrogen-bond acceptors (Lipinski definition) is 5. The smallest absolute Gasteiger partial charge is 0.340 e. The molecule has 2 N–H and O–H groups in total. The summed E-state index contributed by atoms with van der Waals surface area (Å²) in [6.45, 7) is 1.77. The van der Waals surface area contributed by atoms with Crippen molar-refractivity contribution >= 4 is 16.9 Å². The van der Waals surface area contributed by atoms with Crippen molar-refractivity contribution in [2.45, 2.75) is 19.4 Å². The highest BCUT2D eigenvalue weighted by Crippen LogP contribution is 2.25. The van der Waals surface area contributed by atoms with Crippen LogP contribution in [0.2, 0.25) is 0 Å². The SMILES string of the molecule is Cc1c(Cc2ccccc2)c(=O)oc2cc(OCC(=O)NC[C@H](O)c3ccccc3)ccc12. The molecule has 168 valence electrons. The number of hydrogen-bond donors (Lipinski definition) is 2. The normalized spacial score (nSPS) is 11.8. The molecule has 3 aromatic carbocycles. The molecule has 4 rings (SSSR count). The fourth-order valence-electron chi connectivity index (χ4n) is 3.67. The van der Waals surface area contributed by atoms with E-state index in [1.54, 1.807) is 24.3 Å². The highest BCUT2D eigenvalue weighted by Gasteiger charge is 2.14. The van der Waals surface area contributed by atoms with Crippen LogP contribution in [0.4, 0.5) is 0 Å². The third kappa shape index (κ3) is 5.48. The summed E-state index contributed by atoms with van der Waals surface area (Å²) in [5.41, 5.74) is 3.28. The van der Waals surface area contributed by atoms with E-state index in [1.807, 2.05) is 61.5 Å². The number of carbonyl (C=O) groups excluding carboxylic acids is 1. The van der Waals surface area contributed by atoms with E-state index < -0.39 is 6.10 Å². The largest absolute Gasteiger partial charge is 0.484 e. The molecule has 0 unspecified atom stereocenters. The van der Waals surface area contributed by atoms with Gasteiger partial charge in [-0.25, -0.2) is 4.79 Å². The van der Waals surface area contributed by atoms with Crippen molar-refractivity contribution < 1.29 is 19.1 Å². The number of ether oxygens (including phenoxy) is 1. The molecular formula is C27H25NO5. The molecule has 0 saturated heterocycles. The molecule has 0 fully saturated rings. The Hall–Kier alpha value is -3.90. The van der Waals surface area contributed by atoms with Crippen molar-refractivity contribution in [2.75, 3.05) is 13.2 Å². The van der Waals surface area contributed by atoms with Crippen molar-refractivity contribution in [2.24, 2.45) is 0 Å². The third-order valence-electron chi connectivity index (χ3n) is 5.53. The van der Waals surface area contributed by atoms with Gasteiger partial charge < -0.3 is 19.6 Å². The van der Waals surface area contributed by atoms with Crippen LogP contribution in [0.1, 0.15) is 28.4 Å². The Morgan fingerprint density at radius 2 is 1.73 bits per heavy atom. The van der Waals surface area contributed by atoms with Crippen LogP contribution in [-0.4, -0.2) is 24.2 Å². The van der Waals surface area contributed by atoms with Crippen molar-refractivity contribution in [3.8, 4) is 5.75 Å². The van der Waals surface area contributed by atoms with Gasteiger partial charge in [0, 0.05) is 30.0 Å². The molecular weight excluding hydrogens is 418 g/mol. The molecule has 6 heteroatoms. The Balaban J connectivity index is 1.40. The Morgan fingerprint density at radius 1 is 1.03 bits per heavy atom. The fourth-order valence-corrected chi connectivity index (χ4v) is 3.67. The minimum Gasteiger partial charge on any atom is -0.484 e. The van der Waals surface area contributed by atoms with Crippen LogP contribution < -0.4 is 15.7 Å². The average Bonchev–Trinajstić information content (AvgIpc) is 2.84. The Morgan fingerprint density at radius 3 is 2.45 bits per heavy atom. The van der Waals surface area contributed by atoms with E-state index in [4.69, 9.17) is 9.15 Å². The van der Waals surface area contributed by atoms with Crippen molar-refractivity contribution in [3.63, 3.8) is 0 Å². The number of aliphatic hydroxyl groups excluding tert-OH is 1. The molecule has 0 bridgehead atoms. The predicted molar refractivity (Wildman–Crippen MR) is 126 cm³/mol. The van der Waals surface area contributed by atoms with Crippen LogP contribution in [0.5, 0.6) is 5.75 Å². The van der Waals surface area contributed by atoms with Gasteiger partial charge in [0.2, 0.25) is 0 Å². The lowest BCUT2D eigenvalue weighted by Gasteiger charge is -2.13. The van der Waals surface area contributed by atoms with Crippen LogP contribution in [0.15, 0.2) is 88.1 Å². The summed E-state index contributed by atoms with van der Waals surface area (Å²) in [5, 5.41) is 13.6. The second kappa shape index (κ2) is 10.1. The first-order valence-electron chi connectivity index (χ1n) is 10.7. The number of aryl methyl sites for hydroxylation is 1. The van der Waals surface area contributed by atoms with Crippen molar-refractivity contribution in [1.29, 1.82) is 0 Å². The van der Waals surface area contributed by atoms with Gasteiger partial charge in [0.15, 0.2) is 6.61 Å². The first-order chi connectivity index (χ1) is 16.0.